The third kappa shape index (κ3) is 25.4. The number of primary amides is 3. The van der Waals surface area contributed by atoms with Crippen LogP contribution in [0.5, 0.6) is 0 Å². The van der Waals surface area contributed by atoms with Gasteiger partial charge in [-0.2, -0.15) is 0 Å². The van der Waals surface area contributed by atoms with Gasteiger partial charge in [0.05, 0.1) is 60.7 Å². The van der Waals surface area contributed by atoms with E-state index in [9.17, 15) is 77.0 Å². The van der Waals surface area contributed by atoms with Gasteiger partial charge in [-0.3, -0.25) is 57.5 Å². The smallest absolute Gasteiger partial charge is 0.315 e. The van der Waals surface area contributed by atoms with Gasteiger partial charge in [-0.15, -0.1) is 0 Å². The summed E-state index contributed by atoms with van der Waals surface area (Å²) in [5.41, 5.74) is 12.8. The van der Waals surface area contributed by atoms with E-state index >= 15 is 0 Å². The summed E-state index contributed by atoms with van der Waals surface area (Å²) >= 11 is 0. The Hall–Kier alpha value is -8.85. The number of nitrogens with one attached hydrogen (secondary N) is 9. The number of benzene rings is 1. The molecule has 0 spiro atoms. The number of likely N-dealkylation sites (tertiary alicyclic amines) is 3. The number of rotatable bonds is 35. The molecule has 3 heterocycles. The summed E-state index contributed by atoms with van der Waals surface area (Å²) in [6, 6.07) is -0.638. The Morgan fingerprint density at radius 1 is 0.418 bits per heavy atom. The Morgan fingerprint density at radius 2 is 0.761 bits per heavy atom. The minimum atomic E-state index is -1.09. The van der Waals surface area contributed by atoms with E-state index in [2.05, 4.69) is 89.4 Å². The molecule has 4 unspecified atom stereocenters. The lowest BCUT2D eigenvalue weighted by molar-refractivity contribution is -0.145. The number of hydrogen-bond donors (Lipinski definition) is 13. The van der Waals surface area contributed by atoms with Crippen LogP contribution in [0.15, 0.2) is 30.3 Å². The highest BCUT2D eigenvalue weighted by Crippen LogP contribution is 2.67. The zero-order chi connectivity index (χ0) is 99.8. The van der Waals surface area contributed by atoms with Gasteiger partial charge >= 0.3 is 18.1 Å². The number of aliphatic hydroxyl groups is 1. The minimum Gasteiger partial charge on any atom is -0.390 e. The van der Waals surface area contributed by atoms with Crippen molar-refractivity contribution in [2.24, 2.45) is 114 Å². The third-order valence-corrected chi connectivity index (χ3v) is 32.2. The molecule has 0 radical (unpaired) electrons. The number of fused-ring (bicyclic) bond motifs is 3. The monoisotopic (exact) mass is 1870 g/mol. The lowest BCUT2D eigenvalue weighted by Gasteiger charge is -2.43. The maximum atomic E-state index is 14.5. The fourth-order valence-corrected chi connectivity index (χ4v) is 22.4. The third-order valence-electron chi connectivity index (χ3n) is 32.2. The number of ether oxygens (including phenoxy) is 2. The molecule has 33 nitrogen and oxygen atoms in total. The summed E-state index contributed by atoms with van der Waals surface area (Å²) in [6.07, 6.45) is 15.9. The van der Waals surface area contributed by atoms with E-state index in [0.717, 1.165) is 102 Å². The molecule has 15 amide bonds. The van der Waals surface area contributed by atoms with Gasteiger partial charge < -0.3 is 94.3 Å². The number of hydrogen-bond acceptors (Lipinski definition) is 18. The van der Waals surface area contributed by atoms with Gasteiger partial charge in [0.25, 0.3) is 17.7 Å². The quantitative estimate of drug-likeness (QED) is 0.0283. The molecule has 134 heavy (non-hydrogen) atoms. The number of nitrogens with two attached hydrogens (primary N) is 3. The molecule has 750 valence electrons. The predicted octanol–water partition coefficient (Wildman–Crippen LogP) is 8.48. The zero-order valence-electron chi connectivity index (χ0n) is 84.4. The summed E-state index contributed by atoms with van der Waals surface area (Å²) in [5, 5.41) is 37.9. The van der Waals surface area contributed by atoms with Crippen molar-refractivity contribution >= 4 is 88.6 Å². The van der Waals surface area contributed by atoms with Crippen molar-refractivity contribution in [3.63, 3.8) is 0 Å². The second kappa shape index (κ2) is 41.4. The van der Waals surface area contributed by atoms with Crippen LogP contribution in [0.2, 0.25) is 0 Å². The molecule has 0 aromatic heterocycles. The van der Waals surface area contributed by atoms with Crippen LogP contribution in [0.25, 0.3) is 0 Å². The van der Waals surface area contributed by atoms with E-state index in [-0.39, 0.29) is 116 Å². The number of carbonyl (C=O) groups excluding carboxylic acids is 15. The summed E-state index contributed by atoms with van der Waals surface area (Å²) in [5.74, 6) is -7.30. The van der Waals surface area contributed by atoms with Crippen molar-refractivity contribution in [3.05, 3.63) is 35.9 Å². The van der Waals surface area contributed by atoms with Gasteiger partial charge in [-0.25, -0.2) is 14.4 Å². The van der Waals surface area contributed by atoms with Crippen LogP contribution in [0.1, 0.15) is 286 Å². The Morgan fingerprint density at radius 3 is 1.09 bits per heavy atom. The van der Waals surface area contributed by atoms with E-state index in [0.29, 0.717) is 71.4 Å². The number of piperidine rings is 3. The van der Waals surface area contributed by atoms with Crippen LogP contribution in [0.4, 0.5) is 14.4 Å². The predicted molar refractivity (Wildman–Crippen MR) is 506 cm³/mol. The van der Waals surface area contributed by atoms with Crippen molar-refractivity contribution < 1.29 is 86.5 Å². The molecule has 18 atom stereocenters. The van der Waals surface area contributed by atoms with Crippen LogP contribution in [-0.2, 0) is 73.4 Å². The minimum absolute atomic E-state index is 0.0812. The molecule has 11 aliphatic rings. The van der Waals surface area contributed by atoms with E-state index in [4.69, 9.17) is 26.7 Å². The molecule has 1 aromatic rings. The number of methoxy groups -OCH3 is 1. The second-order valence-corrected chi connectivity index (χ2v) is 48.6. The molecular weight excluding hydrogens is 1710 g/mol. The summed E-state index contributed by atoms with van der Waals surface area (Å²) in [7, 11) is 1.59. The van der Waals surface area contributed by atoms with Crippen LogP contribution in [-0.4, -0.2) is 232 Å². The summed E-state index contributed by atoms with van der Waals surface area (Å²) in [6.45, 7) is 45.4. The van der Waals surface area contributed by atoms with E-state index in [1.165, 1.54) is 0 Å². The fourth-order valence-electron chi connectivity index (χ4n) is 22.4. The first-order valence-corrected chi connectivity index (χ1v) is 49.4. The first-order valence-electron chi connectivity index (χ1n) is 49.4. The fraction of sp³-hybridized carbons (Fsp3) is 0.792. The van der Waals surface area contributed by atoms with E-state index in [1.54, 1.807) is 21.8 Å². The van der Waals surface area contributed by atoms with Gasteiger partial charge in [-0.05, 0) is 168 Å². The number of urea groups is 3. The number of amides is 15. The van der Waals surface area contributed by atoms with Crippen LogP contribution >= 0.6 is 0 Å². The highest BCUT2D eigenvalue weighted by atomic mass is 16.5. The molecule has 8 saturated carbocycles. The number of Topliss-reactive ketones (excluding diaryl/α,β-unsaturated/α-hetero) is 3. The van der Waals surface area contributed by atoms with Crippen LogP contribution < -0.4 is 65.1 Å². The largest absolute Gasteiger partial charge is 0.390 e. The Labute approximate surface area is 794 Å². The first-order chi connectivity index (χ1) is 62.0. The van der Waals surface area contributed by atoms with Crippen molar-refractivity contribution in [1.29, 1.82) is 0 Å². The summed E-state index contributed by atoms with van der Waals surface area (Å²) in [4.78, 5) is 204. The zero-order valence-corrected chi connectivity index (χ0v) is 84.4. The standard InChI is InChI=1S/C36H53N5O6.C33H57N5O6.C32H53N5O6/c1-34(2,3)29(39-33(47)40-36(16-10-7-11-17-36)25(42)19-21-12-8-6-9-13-21)32(46)41-20-23-26(35(23,4)5)27(41)31(45)38-24(18-22-14-15-22)28(43)30(37)44;1-30(2,3)21(17-44-32(7,8)9)36-29(43)37-25(31(4,5)6)28(42)38-16-19-22(33(19,10)11)23(38)27(41)35-20(24(39)26(34)40)15-18-13-12-14-18;1-30(2,3)21(17-43-7)35-29(42)36-25(32(6)13-8-9-14-32)28(41)37-16-19-22(31(19,4)5)23(37)27(40)34-20(24(38)26(33)39)15-18-11-10-12-18/h6,8-9,12-13,22-27,29,42H,7,10-11,14-20H2,1-5H3,(H2,37,44)(H,38,45)(H2,39,40,47);18-23,25H,12-17H2,1-11H3,(H2,34,40)(H,35,41)(H2,36,37,43);18-23,25H,8-17H2,1-7H3,(H2,33,39)(H,34,40)(H2,35,36,42)/t23-,24?,25?,26-,27-,29+;19-,20?,21-,22-,23-,25+;19-,20?,21+,22-,23-,25+/m000/s1. The molecule has 33 heteroatoms. The van der Waals surface area contributed by atoms with Gasteiger partial charge in [0.1, 0.15) is 36.3 Å². The number of nitrogens with zero attached hydrogens (tertiary/aromatic N) is 3. The molecule has 11 fully saturated rings. The van der Waals surface area contributed by atoms with Crippen molar-refractivity contribution in [2.75, 3.05) is 40.0 Å². The molecule has 1 aromatic carbocycles. The number of ketones is 3. The van der Waals surface area contributed by atoms with Crippen molar-refractivity contribution in [3.8, 4) is 0 Å². The topological polar surface area (TPSA) is 491 Å². The number of aliphatic hydroxyl groups excluding tert-OH is 1. The molecule has 3 saturated heterocycles. The highest BCUT2D eigenvalue weighted by molar-refractivity contribution is 6.39. The average molecular weight is 1880 g/mol. The summed E-state index contributed by atoms with van der Waals surface area (Å²) < 4.78 is 11.3. The number of carbonyl (C=O) groups is 15. The van der Waals surface area contributed by atoms with Gasteiger partial charge in [0.15, 0.2) is 0 Å². The van der Waals surface area contributed by atoms with Gasteiger partial charge in [-0.1, -0.05) is 245 Å². The molecule has 12 rings (SSSR count). The Balaban J connectivity index is 0.000000208. The highest BCUT2D eigenvalue weighted by Gasteiger charge is 2.73. The van der Waals surface area contributed by atoms with E-state index in [1.807, 2.05) is 141 Å². The SMILES string of the molecule is CC(C)(C)OC[C@H](NC(=O)N[C@H](C(=O)N1C[C@H]2[C@@H]([C@H]1C(=O)NC(CC1CCC1)C(=O)C(N)=O)C2(C)C)C(C)(C)C)C(C)(C)C.CC(C)(C)[C@H](NC(=O)NC1(C(O)Cc2ccccc2)CCCCC1)C(=O)N1C[C@H]2[C@@H]([C@H]1C(=O)NC(CC1CC1)C(=O)C(N)=O)C2(C)C.COC[C@@H](NC(=O)N[C@H](C(=O)N1C[C@H]2[C@@H]([C@H]1C(=O)NC(CC1CCC1)C(=O)C(N)=O)C2(C)C)C1(C)CCCC1)C(C)(C)C. The van der Waals surface area contributed by atoms with Gasteiger partial charge in [0, 0.05) is 33.2 Å². The van der Waals surface area contributed by atoms with Crippen molar-refractivity contribution in [2.45, 2.75) is 371 Å². The molecule has 0 bridgehead atoms. The lowest BCUT2D eigenvalue weighted by Crippen LogP contribution is -2.65. The van der Waals surface area contributed by atoms with E-state index < -0.39 is 153 Å². The average Bonchev–Trinajstić information content (AvgIpc) is 1.53. The maximum absolute atomic E-state index is 14.5. The van der Waals surface area contributed by atoms with Crippen molar-refractivity contribution in [1.82, 2.24) is 62.6 Å². The Bertz CT molecular complexity index is 4470. The molecular formula is C101H163N15O18. The first kappa shape index (κ1) is 107. The molecule has 3 aliphatic heterocycles. The lowest BCUT2D eigenvalue weighted by atomic mass is 9.76. The maximum Gasteiger partial charge on any atom is 0.315 e. The molecule has 8 aliphatic carbocycles. The van der Waals surface area contributed by atoms with Gasteiger partial charge in [0.2, 0.25) is 52.8 Å². The van der Waals surface area contributed by atoms with Crippen LogP contribution in [0.3, 0.4) is 0 Å². The second-order valence-electron chi connectivity index (χ2n) is 48.6. The molecule has 16 N–H and O–H groups in total. The normalized spacial score (nSPS) is 26.4. The Kier molecular flexibility index (Phi) is 33.1. The van der Waals surface area contributed by atoms with Crippen LogP contribution in [0, 0.1) is 96.6 Å².